The first-order valence-corrected chi connectivity index (χ1v) is 12.8. The normalized spacial score (nSPS) is 19.4. The summed E-state index contributed by atoms with van der Waals surface area (Å²) in [5.41, 5.74) is 2.30. The first-order valence-electron chi connectivity index (χ1n) is 10.9. The van der Waals surface area contributed by atoms with Crippen LogP contribution < -0.4 is 4.74 Å². The second kappa shape index (κ2) is 8.39. The van der Waals surface area contributed by atoms with Crippen molar-refractivity contribution < 1.29 is 22.7 Å². The standard InChI is InChI=1S/C24H30N2O5S/c1-24(2,3)31-23(27)26-11-9-17(10-12-26)21-14-18-13-20(25-15-22(18)30-21)16-5-7-19(8-6-16)32(4,28)29/h5-8,13,15,17,21H,9-12,14H2,1-4H3/t21-/m0/s1. The van der Waals surface area contributed by atoms with Crippen LogP contribution in [0.5, 0.6) is 5.75 Å². The number of amides is 1. The Hall–Kier alpha value is -2.61. The minimum Gasteiger partial charge on any atom is -0.488 e. The molecule has 1 aromatic carbocycles. The van der Waals surface area contributed by atoms with Crippen molar-refractivity contribution in [2.45, 2.75) is 56.6 Å². The van der Waals surface area contributed by atoms with Gasteiger partial charge in [-0.25, -0.2) is 13.2 Å². The van der Waals surface area contributed by atoms with Gasteiger partial charge in [0.25, 0.3) is 0 Å². The van der Waals surface area contributed by atoms with E-state index in [0.29, 0.717) is 23.9 Å². The van der Waals surface area contributed by atoms with E-state index in [2.05, 4.69) is 4.98 Å². The van der Waals surface area contributed by atoms with E-state index in [-0.39, 0.29) is 12.2 Å². The van der Waals surface area contributed by atoms with Gasteiger partial charge in [-0.3, -0.25) is 4.98 Å². The van der Waals surface area contributed by atoms with Crippen molar-refractivity contribution in [2.24, 2.45) is 5.92 Å². The van der Waals surface area contributed by atoms with Gasteiger partial charge in [0.05, 0.1) is 16.8 Å². The van der Waals surface area contributed by atoms with E-state index < -0.39 is 15.4 Å². The van der Waals surface area contributed by atoms with Crippen LogP contribution in [-0.4, -0.2) is 55.4 Å². The third-order valence-corrected chi connectivity index (χ3v) is 7.07. The van der Waals surface area contributed by atoms with Crippen LogP contribution in [0.15, 0.2) is 41.4 Å². The number of carbonyl (C=O) groups is 1. The maximum absolute atomic E-state index is 12.3. The number of likely N-dealkylation sites (tertiary alicyclic amines) is 1. The number of aromatic nitrogens is 1. The molecule has 3 heterocycles. The van der Waals surface area contributed by atoms with Crippen LogP contribution in [0.2, 0.25) is 0 Å². The molecule has 32 heavy (non-hydrogen) atoms. The van der Waals surface area contributed by atoms with E-state index >= 15 is 0 Å². The molecule has 1 aromatic heterocycles. The summed E-state index contributed by atoms with van der Waals surface area (Å²) < 4.78 is 35.0. The molecule has 0 aliphatic carbocycles. The summed E-state index contributed by atoms with van der Waals surface area (Å²) in [6.07, 6.45) is 5.35. The molecule has 7 nitrogen and oxygen atoms in total. The van der Waals surface area contributed by atoms with Gasteiger partial charge in [0.2, 0.25) is 0 Å². The summed E-state index contributed by atoms with van der Waals surface area (Å²) in [6, 6.07) is 8.81. The zero-order chi connectivity index (χ0) is 23.1. The Kier molecular flexibility index (Phi) is 5.92. The number of fused-ring (bicyclic) bond motifs is 1. The molecule has 0 unspecified atom stereocenters. The van der Waals surface area contributed by atoms with E-state index in [1.54, 1.807) is 35.4 Å². The van der Waals surface area contributed by atoms with Gasteiger partial charge in [0.15, 0.2) is 9.84 Å². The molecule has 0 bridgehead atoms. The predicted octanol–water partition coefficient (Wildman–Crippen LogP) is 4.10. The molecule has 8 heteroatoms. The highest BCUT2D eigenvalue weighted by Crippen LogP contribution is 2.36. The van der Waals surface area contributed by atoms with Crippen LogP contribution in [0.1, 0.15) is 39.2 Å². The number of pyridine rings is 1. The summed E-state index contributed by atoms with van der Waals surface area (Å²) in [4.78, 5) is 18.9. The van der Waals surface area contributed by atoms with Crippen LogP contribution >= 0.6 is 0 Å². The average molecular weight is 459 g/mol. The Balaban J connectivity index is 1.38. The molecule has 1 saturated heterocycles. The lowest BCUT2D eigenvalue weighted by Gasteiger charge is -2.35. The second-order valence-corrected chi connectivity index (χ2v) is 11.7. The molecular formula is C24H30N2O5S. The SMILES string of the molecule is CC(C)(C)OC(=O)N1CCC([C@@H]2Cc3cc(-c4ccc(S(C)(=O)=O)cc4)ncc3O2)CC1. The summed E-state index contributed by atoms with van der Waals surface area (Å²) in [5.74, 6) is 1.18. The van der Waals surface area contributed by atoms with E-state index in [1.807, 2.05) is 26.8 Å². The van der Waals surface area contributed by atoms with Crippen LogP contribution in [-0.2, 0) is 21.0 Å². The lowest BCUT2D eigenvalue weighted by Crippen LogP contribution is -2.44. The van der Waals surface area contributed by atoms with Gasteiger partial charge < -0.3 is 14.4 Å². The van der Waals surface area contributed by atoms with Gasteiger partial charge >= 0.3 is 6.09 Å². The number of carbonyl (C=O) groups excluding carboxylic acids is 1. The summed E-state index contributed by atoms with van der Waals surface area (Å²) in [6.45, 7) is 6.98. The van der Waals surface area contributed by atoms with Crippen LogP contribution in [0.25, 0.3) is 11.3 Å². The van der Waals surface area contributed by atoms with Crippen LogP contribution in [0, 0.1) is 5.92 Å². The lowest BCUT2D eigenvalue weighted by atomic mass is 9.89. The highest BCUT2D eigenvalue weighted by Gasteiger charge is 2.35. The number of rotatable bonds is 3. The van der Waals surface area contributed by atoms with Crippen molar-refractivity contribution in [3.05, 3.63) is 42.1 Å². The Morgan fingerprint density at radius 1 is 1.16 bits per heavy atom. The van der Waals surface area contributed by atoms with Crippen molar-refractivity contribution in [2.75, 3.05) is 19.3 Å². The van der Waals surface area contributed by atoms with E-state index in [0.717, 1.165) is 41.8 Å². The van der Waals surface area contributed by atoms with Crippen molar-refractivity contribution in [3.63, 3.8) is 0 Å². The lowest BCUT2D eigenvalue weighted by molar-refractivity contribution is 0.0123. The molecular weight excluding hydrogens is 428 g/mol. The topological polar surface area (TPSA) is 85.8 Å². The molecule has 2 aliphatic heterocycles. The fourth-order valence-electron chi connectivity index (χ4n) is 4.25. The largest absolute Gasteiger partial charge is 0.488 e. The smallest absolute Gasteiger partial charge is 0.410 e. The van der Waals surface area contributed by atoms with Gasteiger partial charge in [-0.05, 0) is 57.7 Å². The molecule has 1 fully saturated rings. The number of ether oxygens (including phenoxy) is 2. The molecule has 0 radical (unpaired) electrons. The third-order valence-electron chi connectivity index (χ3n) is 5.94. The zero-order valence-electron chi connectivity index (χ0n) is 19.0. The molecule has 2 aromatic rings. The summed E-state index contributed by atoms with van der Waals surface area (Å²) >= 11 is 0. The minimum absolute atomic E-state index is 0.0791. The number of hydrogen-bond acceptors (Lipinski definition) is 6. The van der Waals surface area contributed by atoms with Crippen molar-refractivity contribution in [1.29, 1.82) is 0 Å². The first-order chi connectivity index (χ1) is 15.0. The van der Waals surface area contributed by atoms with Gasteiger partial charge in [-0.15, -0.1) is 0 Å². The first kappa shape index (κ1) is 22.6. The van der Waals surface area contributed by atoms with E-state index in [9.17, 15) is 13.2 Å². The quantitative estimate of drug-likeness (QED) is 0.688. The fourth-order valence-corrected chi connectivity index (χ4v) is 4.88. The molecule has 1 atom stereocenters. The molecule has 0 N–H and O–H groups in total. The Bertz CT molecular complexity index is 1100. The maximum Gasteiger partial charge on any atom is 0.410 e. The van der Waals surface area contributed by atoms with Crippen molar-refractivity contribution in [3.8, 4) is 17.0 Å². The number of sulfone groups is 1. The number of piperidine rings is 1. The Labute approximate surface area is 189 Å². The van der Waals surface area contributed by atoms with Crippen molar-refractivity contribution >= 4 is 15.9 Å². The third kappa shape index (κ3) is 5.06. The maximum atomic E-state index is 12.3. The predicted molar refractivity (Wildman–Crippen MR) is 121 cm³/mol. The summed E-state index contributed by atoms with van der Waals surface area (Å²) in [7, 11) is -3.22. The van der Waals surface area contributed by atoms with Crippen LogP contribution in [0.3, 0.4) is 0 Å². The van der Waals surface area contributed by atoms with E-state index in [4.69, 9.17) is 9.47 Å². The molecule has 2 aliphatic rings. The van der Waals surface area contributed by atoms with Gasteiger partial charge in [-0.2, -0.15) is 0 Å². The Morgan fingerprint density at radius 3 is 2.41 bits per heavy atom. The fraction of sp³-hybridized carbons (Fsp3) is 0.500. The zero-order valence-corrected chi connectivity index (χ0v) is 19.8. The molecule has 0 spiro atoms. The Morgan fingerprint density at radius 2 is 1.81 bits per heavy atom. The number of hydrogen-bond donors (Lipinski definition) is 0. The minimum atomic E-state index is -3.22. The van der Waals surface area contributed by atoms with Gasteiger partial charge in [0, 0.05) is 36.9 Å². The average Bonchev–Trinajstić information content (AvgIpc) is 3.15. The summed E-state index contributed by atoms with van der Waals surface area (Å²) in [5, 5.41) is 0. The number of benzene rings is 1. The molecule has 1 amide bonds. The molecule has 0 saturated carbocycles. The highest BCUT2D eigenvalue weighted by molar-refractivity contribution is 7.90. The molecule has 172 valence electrons. The van der Waals surface area contributed by atoms with E-state index in [1.165, 1.54) is 6.26 Å². The van der Waals surface area contributed by atoms with Gasteiger partial charge in [0.1, 0.15) is 17.5 Å². The number of nitrogens with zero attached hydrogens (tertiary/aromatic N) is 2. The monoisotopic (exact) mass is 458 g/mol. The molecule has 4 rings (SSSR count). The highest BCUT2D eigenvalue weighted by atomic mass is 32.2. The van der Waals surface area contributed by atoms with Crippen molar-refractivity contribution in [1.82, 2.24) is 9.88 Å². The van der Waals surface area contributed by atoms with Gasteiger partial charge in [-0.1, -0.05) is 12.1 Å². The second-order valence-electron chi connectivity index (χ2n) is 9.64. The van der Waals surface area contributed by atoms with Crippen LogP contribution in [0.4, 0.5) is 4.79 Å².